The fourth-order valence-electron chi connectivity index (χ4n) is 4.24. The zero-order valence-corrected chi connectivity index (χ0v) is 19.6. The third kappa shape index (κ3) is 4.08. The van der Waals surface area contributed by atoms with Gasteiger partial charge < -0.3 is 4.90 Å². The molecule has 34 heavy (non-hydrogen) atoms. The van der Waals surface area contributed by atoms with Crippen molar-refractivity contribution < 1.29 is 0 Å². The van der Waals surface area contributed by atoms with Crippen molar-refractivity contribution >= 4 is 34.9 Å². The molecule has 0 amide bonds. The van der Waals surface area contributed by atoms with E-state index in [1.165, 1.54) is 0 Å². The van der Waals surface area contributed by atoms with Gasteiger partial charge in [0.25, 0.3) is 5.56 Å². The Kier molecular flexibility index (Phi) is 6.14. The van der Waals surface area contributed by atoms with E-state index < -0.39 is 6.04 Å². The number of hydrogen-bond acceptors (Lipinski definition) is 5. The largest absolute Gasteiger partial charge is 0.345 e. The minimum Gasteiger partial charge on any atom is -0.345 e. The molecule has 0 N–H and O–H groups in total. The second kappa shape index (κ2) is 9.53. The summed E-state index contributed by atoms with van der Waals surface area (Å²) in [6.07, 6.45) is 1.75. The van der Waals surface area contributed by atoms with E-state index in [1.54, 1.807) is 10.8 Å². The van der Waals surface area contributed by atoms with Gasteiger partial charge in [-0.25, -0.2) is 4.98 Å². The molecule has 0 bridgehead atoms. The van der Waals surface area contributed by atoms with Crippen LogP contribution < -0.4 is 10.5 Å². The summed E-state index contributed by atoms with van der Waals surface area (Å²) in [7, 11) is 1.99. The second-order valence-electron chi connectivity index (χ2n) is 8.03. The molecule has 168 valence electrons. The van der Waals surface area contributed by atoms with E-state index in [0.717, 1.165) is 22.6 Å². The van der Waals surface area contributed by atoms with Gasteiger partial charge >= 0.3 is 0 Å². The summed E-state index contributed by atoms with van der Waals surface area (Å²) in [5.41, 5.74) is 4.23. The highest BCUT2D eigenvalue weighted by Crippen LogP contribution is 2.29. The summed E-state index contributed by atoms with van der Waals surface area (Å²) in [6, 6.07) is 31.1. The molecule has 0 aliphatic carbocycles. The van der Waals surface area contributed by atoms with Gasteiger partial charge in [0.15, 0.2) is 0 Å². The van der Waals surface area contributed by atoms with Gasteiger partial charge in [0.05, 0.1) is 16.6 Å². The average Bonchev–Trinajstić information content (AvgIpc) is 2.91. The smallest absolute Gasteiger partial charge is 0.262 e. The standard InChI is InChI=1S/C28H24N4OS/c1-31(21-12-6-3-7-13-21)22-15-16-24-23(18-22)28(33)32(26(19-34)30-24)27(20-10-4-2-5-11-20)25-14-8-9-17-29-25/h2-18,27,34H,19H2,1H3. The van der Waals surface area contributed by atoms with Crippen LogP contribution in [0.3, 0.4) is 0 Å². The number of nitrogens with zero attached hydrogens (tertiary/aromatic N) is 4. The van der Waals surface area contributed by atoms with Gasteiger partial charge in [-0.1, -0.05) is 54.6 Å². The Morgan fingerprint density at radius 2 is 1.59 bits per heavy atom. The van der Waals surface area contributed by atoms with Gasteiger partial charge in [-0.15, -0.1) is 0 Å². The van der Waals surface area contributed by atoms with Crippen LogP contribution in [-0.2, 0) is 5.75 Å². The summed E-state index contributed by atoms with van der Waals surface area (Å²) >= 11 is 4.52. The summed E-state index contributed by atoms with van der Waals surface area (Å²) in [6.45, 7) is 0. The highest BCUT2D eigenvalue weighted by atomic mass is 32.1. The molecule has 3 aromatic carbocycles. The number of anilines is 2. The average molecular weight is 465 g/mol. The van der Waals surface area contributed by atoms with Gasteiger partial charge in [-0.2, -0.15) is 12.6 Å². The fourth-order valence-corrected chi connectivity index (χ4v) is 4.47. The van der Waals surface area contributed by atoms with Crippen molar-refractivity contribution in [3.63, 3.8) is 0 Å². The Morgan fingerprint density at radius 1 is 0.882 bits per heavy atom. The number of aromatic nitrogens is 3. The molecule has 0 spiro atoms. The van der Waals surface area contributed by atoms with Crippen molar-refractivity contribution in [2.75, 3.05) is 11.9 Å². The SMILES string of the molecule is CN(c1ccccc1)c1ccc2nc(CS)n(C(c3ccccc3)c3ccccn3)c(=O)c2c1. The second-order valence-corrected chi connectivity index (χ2v) is 8.34. The van der Waals surface area contributed by atoms with E-state index in [4.69, 9.17) is 4.98 Å². The Balaban J connectivity index is 1.73. The topological polar surface area (TPSA) is 51.0 Å². The van der Waals surface area contributed by atoms with Crippen molar-refractivity contribution in [1.82, 2.24) is 14.5 Å². The summed E-state index contributed by atoms with van der Waals surface area (Å²) < 4.78 is 1.74. The lowest BCUT2D eigenvalue weighted by molar-refractivity contribution is 0.603. The molecule has 0 aliphatic heterocycles. The molecule has 0 fully saturated rings. The number of hydrogen-bond donors (Lipinski definition) is 1. The number of para-hydroxylation sites is 1. The maximum absolute atomic E-state index is 14.1. The fraction of sp³-hybridized carbons (Fsp3) is 0.107. The number of benzene rings is 3. The van der Waals surface area contributed by atoms with Crippen LogP contribution in [0.15, 0.2) is 108 Å². The highest BCUT2D eigenvalue weighted by molar-refractivity contribution is 7.79. The van der Waals surface area contributed by atoms with Crippen molar-refractivity contribution in [3.8, 4) is 0 Å². The van der Waals surface area contributed by atoms with E-state index >= 15 is 0 Å². The Labute approximate surface area is 203 Å². The molecule has 1 atom stereocenters. The van der Waals surface area contributed by atoms with Crippen molar-refractivity contribution in [3.05, 3.63) is 131 Å². The molecule has 6 heteroatoms. The van der Waals surface area contributed by atoms with Crippen LogP contribution in [0.5, 0.6) is 0 Å². The first-order chi connectivity index (χ1) is 16.7. The van der Waals surface area contributed by atoms with E-state index in [9.17, 15) is 4.79 Å². The molecule has 1 unspecified atom stereocenters. The Hall–Kier alpha value is -3.90. The highest BCUT2D eigenvalue weighted by Gasteiger charge is 2.23. The van der Waals surface area contributed by atoms with Crippen LogP contribution in [0, 0.1) is 0 Å². The molecule has 5 rings (SSSR count). The zero-order valence-electron chi connectivity index (χ0n) is 18.7. The van der Waals surface area contributed by atoms with Crippen LogP contribution >= 0.6 is 12.6 Å². The normalized spacial score (nSPS) is 11.9. The first kappa shape index (κ1) is 21.9. The Morgan fingerprint density at radius 3 is 2.26 bits per heavy atom. The van der Waals surface area contributed by atoms with E-state index in [-0.39, 0.29) is 5.56 Å². The lowest BCUT2D eigenvalue weighted by Gasteiger charge is -2.24. The molecule has 0 radical (unpaired) electrons. The molecular formula is C28H24N4OS. The van der Waals surface area contributed by atoms with Crippen LogP contribution in [0.1, 0.15) is 23.1 Å². The van der Waals surface area contributed by atoms with Crippen LogP contribution in [-0.4, -0.2) is 21.6 Å². The summed E-state index contributed by atoms with van der Waals surface area (Å²) in [5, 5.41) is 0.558. The van der Waals surface area contributed by atoms with Crippen LogP contribution in [0.25, 0.3) is 10.9 Å². The molecule has 2 heterocycles. The maximum atomic E-state index is 14.1. The lowest BCUT2D eigenvalue weighted by Crippen LogP contribution is -2.31. The first-order valence-electron chi connectivity index (χ1n) is 11.1. The van der Waals surface area contributed by atoms with E-state index in [2.05, 4.69) is 22.5 Å². The predicted octanol–water partition coefficient (Wildman–Crippen LogP) is 5.63. The van der Waals surface area contributed by atoms with Crippen molar-refractivity contribution in [2.24, 2.45) is 0 Å². The number of pyridine rings is 1. The van der Waals surface area contributed by atoms with Crippen LogP contribution in [0.4, 0.5) is 11.4 Å². The number of fused-ring (bicyclic) bond motifs is 1. The third-order valence-corrected chi connectivity index (χ3v) is 6.25. The summed E-state index contributed by atoms with van der Waals surface area (Å²) in [4.78, 5) is 25.5. The zero-order chi connectivity index (χ0) is 23.5. The van der Waals surface area contributed by atoms with Gasteiger partial charge in [-0.3, -0.25) is 14.3 Å². The first-order valence-corrected chi connectivity index (χ1v) is 11.7. The van der Waals surface area contributed by atoms with E-state index in [1.807, 2.05) is 104 Å². The summed E-state index contributed by atoms with van der Waals surface area (Å²) in [5.74, 6) is 0.928. The lowest BCUT2D eigenvalue weighted by atomic mass is 10.0. The van der Waals surface area contributed by atoms with Gasteiger partial charge in [0.1, 0.15) is 11.9 Å². The van der Waals surface area contributed by atoms with Gasteiger partial charge in [0.2, 0.25) is 0 Å². The molecule has 2 aromatic heterocycles. The monoisotopic (exact) mass is 464 g/mol. The van der Waals surface area contributed by atoms with Crippen molar-refractivity contribution in [1.29, 1.82) is 0 Å². The Bertz CT molecular complexity index is 1430. The molecule has 5 aromatic rings. The van der Waals surface area contributed by atoms with Gasteiger partial charge in [-0.05, 0) is 48.0 Å². The molecular weight excluding hydrogens is 440 g/mol. The molecule has 5 nitrogen and oxygen atoms in total. The predicted molar refractivity (Wildman–Crippen MR) is 141 cm³/mol. The third-order valence-electron chi connectivity index (χ3n) is 5.97. The van der Waals surface area contributed by atoms with E-state index in [0.29, 0.717) is 22.5 Å². The molecule has 0 saturated carbocycles. The van der Waals surface area contributed by atoms with Gasteiger partial charge in [0, 0.05) is 30.4 Å². The van der Waals surface area contributed by atoms with Crippen LogP contribution in [0.2, 0.25) is 0 Å². The minimum atomic E-state index is -0.413. The quantitative estimate of drug-likeness (QED) is 0.331. The molecule has 0 aliphatic rings. The van der Waals surface area contributed by atoms with Crippen molar-refractivity contribution in [2.45, 2.75) is 11.8 Å². The molecule has 0 saturated heterocycles. The maximum Gasteiger partial charge on any atom is 0.262 e. The minimum absolute atomic E-state index is 0.114. The number of thiol groups is 1. The number of rotatable bonds is 6.